The van der Waals surface area contributed by atoms with E-state index in [1.807, 2.05) is 20.8 Å². The van der Waals surface area contributed by atoms with Crippen molar-refractivity contribution >= 4 is 16.7 Å². The van der Waals surface area contributed by atoms with Gasteiger partial charge in [0.15, 0.2) is 6.79 Å². The SMILES string of the molecule is CC(C(=O)NC(C)(C)C)S(=O)Cc1cc(F)cc2c1OCOC2. The zero-order valence-corrected chi connectivity index (χ0v) is 14.6. The predicted octanol–water partition coefficient (Wildman–Crippen LogP) is 2.24. The zero-order valence-electron chi connectivity index (χ0n) is 13.8. The van der Waals surface area contributed by atoms with Gasteiger partial charge in [-0.1, -0.05) is 0 Å². The molecule has 0 saturated carbocycles. The van der Waals surface area contributed by atoms with E-state index in [4.69, 9.17) is 9.47 Å². The summed E-state index contributed by atoms with van der Waals surface area (Å²) in [5, 5.41) is 2.10. The molecule has 1 N–H and O–H groups in total. The Kier molecular flexibility index (Phi) is 5.41. The molecule has 0 spiro atoms. The van der Waals surface area contributed by atoms with Crippen molar-refractivity contribution in [3.63, 3.8) is 0 Å². The van der Waals surface area contributed by atoms with E-state index in [1.165, 1.54) is 12.1 Å². The van der Waals surface area contributed by atoms with Gasteiger partial charge in [0.2, 0.25) is 5.91 Å². The molecule has 7 heteroatoms. The number of nitrogens with one attached hydrogen (secondary N) is 1. The van der Waals surface area contributed by atoms with E-state index in [0.717, 1.165) is 0 Å². The first-order valence-corrected chi connectivity index (χ1v) is 8.76. The lowest BCUT2D eigenvalue weighted by Gasteiger charge is -2.24. The fourth-order valence-corrected chi connectivity index (χ4v) is 3.30. The molecule has 1 aromatic carbocycles. The second kappa shape index (κ2) is 6.97. The molecule has 1 aliphatic heterocycles. The van der Waals surface area contributed by atoms with Crippen molar-refractivity contribution in [3.8, 4) is 5.75 Å². The summed E-state index contributed by atoms with van der Waals surface area (Å²) in [6.07, 6.45) is 0. The number of halogens is 1. The molecule has 2 atom stereocenters. The van der Waals surface area contributed by atoms with Crippen molar-refractivity contribution in [3.05, 3.63) is 29.1 Å². The van der Waals surface area contributed by atoms with Gasteiger partial charge < -0.3 is 14.8 Å². The molecule has 128 valence electrons. The Morgan fingerprint density at radius 3 is 2.78 bits per heavy atom. The highest BCUT2D eigenvalue weighted by molar-refractivity contribution is 7.85. The molecule has 0 fully saturated rings. The molecule has 2 rings (SSSR count). The molecular formula is C16H22FNO4S. The lowest BCUT2D eigenvalue weighted by Crippen LogP contribution is -2.46. The third kappa shape index (κ3) is 4.75. The molecule has 0 aromatic heterocycles. The highest BCUT2D eigenvalue weighted by Gasteiger charge is 2.26. The van der Waals surface area contributed by atoms with Crippen LogP contribution in [0.15, 0.2) is 12.1 Å². The second-order valence-electron chi connectivity index (χ2n) is 6.57. The maximum atomic E-state index is 13.7. The Morgan fingerprint density at radius 1 is 1.43 bits per heavy atom. The Morgan fingerprint density at radius 2 is 2.13 bits per heavy atom. The average Bonchev–Trinajstić information content (AvgIpc) is 2.44. The Labute approximate surface area is 138 Å². The third-order valence-electron chi connectivity index (χ3n) is 3.31. The van der Waals surface area contributed by atoms with Crippen LogP contribution in [0.5, 0.6) is 5.75 Å². The molecule has 1 aromatic rings. The maximum absolute atomic E-state index is 13.7. The van der Waals surface area contributed by atoms with Gasteiger partial charge in [0.1, 0.15) is 16.8 Å². The van der Waals surface area contributed by atoms with E-state index in [2.05, 4.69) is 5.32 Å². The predicted molar refractivity (Wildman–Crippen MR) is 85.9 cm³/mol. The number of amides is 1. The van der Waals surface area contributed by atoms with Gasteiger partial charge in [-0.2, -0.15) is 0 Å². The van der Waals surface area contributed by atoms with Gasteiger partial charge in [-0.05, 0) is 39.8 Å². The number of carbonyl (C=O) groups is 1. The van der Waals surface area contributed by atoms with Gasteiger partial charge in [-0.15, -0.1) is 0 Å². The van der Waals surface area contributed by atoms with Crippen LogP contribution in [0.1, 0.15) is 38.8 Å². The minimum Gasteiger partial charge on any atom is -0.467 e. The molecule has 5 nitrogen and oxygen atoms in total. The van der Waals surface area contributed by atoms with Crippen LogP contribution in [-0.4, -0.2) is 27.7 Å². The first-order chi connectivity index (χ1) is 10.7. The van der Waals surface area contributed by atoms with Crippen LogP contribution >= 0.6 is 0 Å². The number of hydrogen-bond donors (Lipinski definition) is 1. The van der Waals surface area contributed by atoms with Crippen LogP contribution in [0, 0.1) is 5.82 Å². The summed E-state index contributed by atoms with van der Waals surface area (Å²) in [5.74, 6) is -0.157. The molecule has 2 unspecified atom stereocenters. The van der Waals surface area contributed by atoms with Crippen molar-refractivity contribution in [2.24, 2.45) is 0 Å². The molecule has 1 aliphatic rings. The van der Waals surface area contributed by atoms with Crippen LogP contribution in [0.25, 0.3) is 0 Å². The number of rotatable bonds is 4. The first kappa shape index (κ1) is 17.9. The smallest absolute Gasteiger partial charge is 0.235 e. The minimum atomic E-state index is -1.49. The lowest BCUT2D eigenvalue weighted by molar-refractivity contribution is -0.121. The van der Waals surface area contributed by atoms with Crippen LogP contribution in [0.4, 0.5) is 4.39 Å². The zero-order chi connectivity index (χ0) is 17.2. The first-order valence-electron chi connectivity index (χ1n) is 7.38. The average molecular weight is 343 g/mol. The van der Waals surface area contributed by atoms with E-state index in [9.17, 15) is 13.4 Å². The molecule has 1 heterocycles. The Balaban J connectivity index is 2.14. The summed E-state index contributed by atoms with van der Waals surface area (Å²) in [4.78, 5) is 12.1. The number of ether oxygens (including phenoxy) is 2. The number of fused-ring (bicyclic) bond motifs is 1. The summed E-state index contributed by atoms with van der Waals surface area (Å²) >= 11 is 0. The van der Waals surface area contributed by atoms with Crippen molar-refractivity contribution in [1.29, 1.82) is 0 Å². The number of hydrogen-bond acceptors (Lipinski definition) is 4. The quantitative estimate of drug-likeness (QED) is 0.911. The van der Waals surface area contributed by atoms with E-state index in [-0.39, 0.29) is 25.1 Å². The van der Waals surface area contributed by atoms with Crippen LogP contribution in [-0.2, 0) is 32.7 Å². The summed E-state index contributed by atoms with van der Waals surface area (Å²) in [6, 6.07) is 2.65. The van der Waals surface area contributed by atoms with Gasteiger partial charge in [0.05, 0.1) is 12.4 Å². The molecule has 0 saturated heterocycles. The van der Waals surface area contributed by atoms with E-state index in [1.54, 1.807) is 6.92 Å². The van der Waals surface area contributed by atoms with Gasteiger partial charge >= 0.3 is 0 Å². The Bertz CT molecular complexity index is 627. The van der Waals surface area contributed by atoms with Gasteiger partial charge in [-0.25, -0.2) is 4.39 Å². The van der Waals surface area contributed by atoms with Crippen LogP contribution in [0.2, 0.25) is 0 Å². The molecule has 0 radical (unpaired) electrons. The lowest BCUT2D eigenvalue weighted by atomic mass is 10.1. The van der Waals surface area contributed by atoms with Crippen LogP contribution in [0.3, 0.4) is 0 Å². The number of benzene rings is 1. The topological polar surface area (TPSA) is 64.6 Å². The van der Waals surface area contributed by atoms with Gasteiger partial charge in [0.25, 0.3) is 0 Å². The van der Waals surface area contributed by atoms with Gasteiger partial charge in [-0.3, -0.25) is 9.00 Å². The standard InChI is InChI=1S/C16H22FNO4S/c1-10(15(19)18-16(2,3)4)23(20)8-12-6-13(17)5-11-7-21-9-22-14(11)12/h5-6,10H,7-9H2,1-4H3,(H,18,19). The Hall–Kier alpha value is -1.47. The summed E-state index contributed by atoms with van der Waals surface area (Å²) in [7, 11) is -1.49. The van der Waals surface area contributed by atoms with E-state index in [0.29, 0.717) is 16.9 Å². The molecule has 23 heavy (non-hydrogen) atoms. The van der Waals surface area contributed by atoms with E-state index >= 15 is 0 Å². The largest absolute Gasteiger partial charge is 0.467 e. The van der Waals surface area contributed by atoms with Gasteiger partial charge in [0, 0.05) is 27.5 Å². The molecular weight excluding hydrogens is 321 g/mol. The fourth-order valence-electron chi connectivity index (χ4n) is 2.23. The second-order valence-corrected chi connectivity index (χ2v) is 8.33. The third-order valence-corrected chi connectivity index (χ3v) is 4.91. The van der Waals surface area contributed by atoms with Crippen molar-refractivity contribution in [1.82, 2.24) is 5.32 Å². The van der Waals surface area contributed by atoms with E-state index < -0.39 is 27.4 Å². The van der Waals surface area contributed by atoms with Crippen molar-refractivity contribution in [2.75, 3.05) is 6.79 Å². The van der Waals surface area contributed by atoms with Crippen molar-refractivity contribution in [2.45, 2.75) is 50.8 Å². The molecule has 0 bridgehead atoms. The van der Waals surface area contributed by atoms with Crippen LogP contribution < -0.4 is 10.1 Å². The monoisotopic (exact) mass is 343 g/mol. The summed E-state index contributed by atoms with van der Waals surface area (Å²) in [5.41, 5.74) is 0.695. The highest BCUT2D eigenvalue weighted by Crippen LogP contribution is 2.30. The molecule has 0 aliphatic carbocycles. The number of carbonyl (C=O) groups excluding carboxylic acids is 1. The molecule has 1 amide bonds. The highest BCUT2D eigenvalue weighted by atomic mass is 32.2. The normalized spacial score (nSPS) is 16.9. The summed E-state index contributed by atoms with van der Waals surface area (Å²) in [6.45, 7) is 7.52. The minimum absolute atomic E-state index is 0.0544. The van der Waals surface area contributed by atoms with Crippen molar-refractivity contribution < 1.29 is 22.9 Å². The summed E-state index contributed by atoms with van der Waals surface area (Å²) < 4.78 is 36.7. The fraction of sp³-hybridized carbons (Fsp3) is 0.562. The maximum Gasteiger partial charge on any atom is 0.235 e.